The molecule has 82 valence electrons. The molecule has 0 aromatic carbocycles. The minimum atomic E-state index is 0.0670. The number of thioether (sulfide) groups is 1. The number of ether oxygens (including phenoxy) is 1. The predicted octanol–water partition coefficient (Wildman–Crippen LogP) is 2.41. The van der Waals surface area contributed by atoms with Crippen molar-refractivity contribution in [3.8, 4) is 0 Å². The van der Waals surface area contributed by atoms with Gasteiger partial charge in [0, 0.05) is 31.2 Å². The van der Waals surface area contributed by atoms with E-state index in [-0.39, 0.29) is 5.78 Å². The molecule has 1 aromatic rings. The van der Waals surface area contributed by atoms with Gasteiger partial charge in [-0.05, 0) is 25.5 Å². The maximum absolute atomic E-state index is 11.3. The third-order valence-electron chi connectivity index (χ3n) is 1.88. The average Bonchev–Trinajstić information content (AvgIpc) is 2.25. The number of aromatic nitrogens is 1. The van der Waals surface area contributed by atoms with Crippen LogP contribution in [0.4, 0.5) is 0 Å². The van der Waals surface area contributed by atoms with E-state index in [0.717, 1.165) is 23.8 Å². The zero-order valence-electron chi connectivity index (χ0n) is 9.03. The molecule has 0 aliphatic rings. The maximum atomic E-state index is 11.3. The van der Waals surface area contributed by atoms with Gasteiger partial charge in [0.2, 0.25) is 0 Å². The second-order valence-corrected chi connectivity index (χ2v) is 4.19. The molecule has 0 spiro atoms. The number of carbonyl (C=O) groups is 1. The lowest BCUT2D eigenvalue weighted by Crippen LogP contribution is -1.98. The summed E-state index contributed by atoms with van der Waals surface area (Å²) in [5.41, 5.74) is 0.708. The molecule has 0 bridgehead atoms. The zero-order chi connectivity index (χ0) is 11.1. The van der Waals surface area contributed by atoms with Crippen molar-refractivity contribution in [2.24, 2.45) is 0 Å². The monoisotopic (exact) mass is 225 g/mol. The number of methoxy groups -OCH3 is 1. The third-order valence-corrected chi connectivity index (χ3v) is 2.97. The lowest BCUT2D eigenvalue weighted by atomic mass is 10.2. The highest BCUT2D eigenvalue weighted by atomic mass is 32.2. The van der Waals surface area contributed by atoms with Gasteiger partial charge in [0.25, 0.3) is 0 Å². The Balaban J connectivity index is 2.56. The molecule has 1 rings (SSSR count). The van der Waals surface area contributed by atoms with Crippen molar-refractivity contribution in [1.82, 2.24) is 4.98 Å². The molecular weight excluding hydrogens is 210 g/mol. The summed E-state index contributed by atoms with van der Waals surface area (Å²) >= 11 is 1.60. The Morgan fingerprint density at radius 1 is 1.60 bits per heavy atom. The summed E-state index contributed by atoms with van der Waals surface area (Å²) < 4.78 is 4.96. The summed E-state index contributed by atoms with van der Waals surface area (Å²) in [7, 11) is 1.69. The van der Waals surface area contributed by atoms with Crippen LogP contribution in [0.25, 0.3) is 0 Å². The number of rotatable bonds is 6. The number of Topliss-reactive ketones (excluding diaryl/α,β-unsaturated/α-hetero) is 1. The number of hydrogen-bond acceptors (Lipinski definition) is 4. The molecule has 15 heavy (non-hydrogen) atoms. The minimum Gasteiger partial charge on any atom is -0.385 e. The quantitative estimate of drug-likeness (QED) is 0.423. The SMILES string of the molecule is COCCCSc1ncccc1C(C)=O. The normalized spacial score (nSPS) is 10.3. The van der Waals surface area contributed by atoms with Crippen LogP contribution in [0.3, 0.4) is 0 Å². The fourth-order valence-corrected chi connectivity index (χ4v) is 2.10. The topological polar surface area (TPSA) is 39.2 Å². The number of carbonyl (C=O) groups excluding carboxylic acids is 1. The Bertz CT molecular complexity index is 328. The molecule has 1 aromatic heterocycles. The fraction of sp³-hybridized carbons (Fsp3) is 0.455. The first-order valence-electron chi connectivity index (χ1n) is 4.83. The highest BCUT2D eigenvalue weighted by Crippen LogP contribution is 2.20. The summed E-state index contributed by atoms with van der Waals surface area (Å²) in [6.07, 6.45) is 2.68. The minimum absolute atomic E-state index is 0.0670. The van der Waals surface area contributed by atoms with Gasteiger partial charge in [0.15, 0.2) is 5.78 Å². The lowest BCUT2D eigenvalue weighted by molar-refractivity contribution is 0.101. The van der Waals surface area contributed by atoms with Crippen molar-refractivity contribution in [3.05, 3.63) is 23.9 Å². The van der Waals surface area contributed by atoms with Crippen molar-refractivity contribution in [2.45, 2.75) is 18.4 Å². The van der Waals surface area contributed by atoms with E-state index >= 15 is 0 Å². The van der Waals surface area contributed by atoms with Gasteiger partial charge in [-0.25, -0.2) is 4.98 Å². The molecule has 0 aliphatic heterocycles. The van der Waals surface area contributed by atoms with Crippen molar-refractivity contribution >= 4 is 17.5 Å². The van der Waals surface area contributed by atoms with Crippen molar-refractivity contribution in [1.29, 1.82) is 0 Å². The molecule has 0 aliphatic carbocycles. The van der Waals surface area contributed by atoms with Crippen LogP contribution in [0, 0.1) is 0 Å². The van der Waals surface area contributed by atoms with Gasteiger partial charge in [-0.1, -0.05) is 0 Å². The van der Waals surface area contributed by atoms with Crippen LogP contribution >= 0.6 is 11.8 Å². The number of ketones is 1. The first-order valence-corrected chi connectivity index (χ1v) is 5.82. The molecule has 0 N–H and O–H groups in total. The largest absolute Gasteiger partial charge is 0.385 e. The first-order chi connectivity index (χ1) is 7.25. The van der Waals surface area contributed by atoms with Crippen LogP contribution in [0.2, 0.25) is 0 Å². The molecule has 0 atom stereocenters. The van der Waals surface area contributed by atoms with E-state index in [9.17, 15) is 4.79 Å². The second kappa shape index (κ2) is 6.58. The van der Waals surface area contributed by atoms with E-state index < -0.39 is 0 Å². The van der Waals surface area contributed by atoms with Gasteiger partial charge in [0.1, 0.15) is 5.03 Å². The molecule has 0 fully saturated rings. The molecule has 1 heterocycles. The van der Waals surface area contributed by atoms with Gasteiger partial charge in [-0.2, -0.15) is 0 Å². The molecule has 0 saturated carbocycles. The third kappa shape index (κ3) is 4.01. The summed E-state index contributed by atoms with van der Waals surface area (Å²) in [5.74, 6) is 0.989. The van der Waals surface area contributed by atoms with Gasteiger partial charge < -0.3 is 4.74 Å². The van der Waals surface area contributed by atoms with Crippen LogP contribution in [0.5, 0.6) is 0 Å². The maximum Gasteiger partial charge on any atom is 0.162 e. The van der Waals surface area contributed by atoms with Gasteiger partial charge >= 0.3 is 0 Å². The summed E-state index contributed by atoms with van der Waals surface area (Å²) in [6.45, 7) is 2.31. The van der Waals surface area contributed by atoms with E-state index in [1.165, 1.54) is 0 Å². The van der Waals surface area contributed by atoms with E-state index in [1.54, 1.807) is 38.1 Å². The highest BCUT2D eigenvalue weighted by molar-refractivity contribution is 7.99. The Morgan fingerprint density at radius 2 is 2.40 bits per heavy atom. The van der Waals surface area contributed by atoms with Crippen LogP contribution in [0.15, 0.2) is 23.4 Å². The molecule has 4 heteroatoms. The van der Waals surface area contributed by atoms with E-state index in [2.05, 4.69) is 4.98 Å². The van der Waals surface area contributed by atoms with Crippen molar-refractivity contribution in [2.75, 3.05) is 19.5 Å². The molecule has 0 amide bonds. The van der Waals surface area contributed by atoms with Crippen LogP contribution in [0.1, 0.15) is 23.7 Å². The van der Waals surface area contributed by atoms with E-state index in [0.29, 0.717) is 5.56 Å². The van der Waals surface area contributed by atoms with E-state index in [4.69, 9.17) is 4.74 Å². The molecule has 0 radical (unpaired) electrons. The van der Waals surface area contributed by atoms with Crippen molar-refractivity contribution in [3.63, 3.8) is 0 Å². The molecular formula is C11H15NO2S. The van der Waals surface area contributed by atoms with Crippen LogP contribution < -0.4 is 0 Å². The Morgan fingerprint density at radius 3 is 3.07 bits per heavy atom. The van der Waals surface area contributed by atoms with Gasteiger partial charge in [-0.15, -0.1) is 11.8 Å². The fourth-order valence-electron chi connectivity index (χ4n) is 1.15. The second-order valence-electron chi connectivity index (χ2n) is 3.11. The molecule has 0 unspecified atom stereocenters. The standard InChI is InChI=1S/C11H15NO2S/c1-9(13)10-5-3-6-12-11(10)15-8-4-7-14-2/h3,5-6H,4,7-8H2,1-2H3. The Kier molecular flexibility index (Phi) is 5.36. The zero-order valence-corrected chi connectivity index (χ0v) is 9.84. The predicted molar refractivity (Wildman–Crippen MR) is 61.5 cm³/mol. The lowest BCUT2D eigenvalue weighted by Gasteiger charge is -2.04. The van der Waals surface area contributed by atoms with Crippen LogP contribution in [-0.2, 0) is 4.74 Å². The van der Waals surface area contributed by atoms with E-state index in [1.807, 2.05) is 6.07 Å². The highest BCUT2D eigenvalue weighted by Gasteiger charge is 2.07. The van der Waals surface area contributed by atoms with Crippen LogP contribution in [-0.4, -0.2) is 30.2 Å². The van der Waals surface area contributed by atoms with Gasteiger partial charge in [0.05, 0.1) is 0 Å². The number of pyridine rings is 1. The Hall–Kier alpha value is -0.870. The summed E-state index contributed by atoms with van der Waals surface area (Å²) in [5, 5.41) is 0.820. The summed E-state index contributed by atoms with van der Waals surface area (Å²) in [6, 6.07) is 3.60. The summed E-state index contributed by atoms with van der Waals surface area (Å²) in [4.78, 5) is 15.5. The Labute approximate surface area is 94.2 Å². The smallest absolute Gasteiger partial charge is 0.162 e. The average molecular weight is 225 g/mol. The van der Waals surface area contributed by atoms with Crippen molar-refractivity contribution < 1.29 is 9.53 Å². The number of nitrogens with zero attached hydrogens (tertiary/aromatic N) is 1. The molecule has 0 saturated heterocycles. The first kappa shape index (κ1) is 12.2. The molecule has 3 nitrogen and oxygen atoms in total. The number of hydrogen-bond donors (Lipinski definition) is 0. The van der Waals surface area contributed by atoms with Gasteiger partial charge in [-0.3, -0.25) is 4.79 Å².